The van der Waals surface area contributed by atoms with E-state index in [9.17, 15) is 4.79 Å². The highest BCUT2D eigenvalue weighted by Gasteiger charge is 2.36. The molecule has 2 aliphatic heterocycles. The molecule has 2 saturated heterocycles. The number of hydrogen-bond acceptors (Lipinski definition) is 5. The van der Waals surface area contributed by atoms with Crippen LogP contribution in [0.4, 0.5) is 16.2 Å². The fourth-order valence-electron chi connectivity index (χ4n) is 5.27. The first-order valence-electron chi connectivity index (χ1n) is 12.1. The predicted molar refractivity (Wildman–Crippen MR) is 133 cm³/mol. The van der Waals surface area contributed by atoms with Crippen LogP contribution in [-0.2, 0) is 11.3 Å². The number of nitrogens with one attached hydrogen (secondary N) is 1. The standard InChI is InChI=1S/C27H37N3O3/c1-19-8-15-26(32-4)25(16-19)28-27(31)33-24-14-13-22-6-5-7-23(17-24)30(22)18-20-9-11-21(12-10-20)29(2)3/h8-12,15-16,22-24H,5-7,13-14,17-18H2,1-4H3,(H,28,31). The summed E-state index contributed by atoms with van der Waals surface area (Å²) in [6.45, 7) is 2.95. The van der Waals surface area contributed by atoms with E-state index in [-0.39, 0.29) is 6.10 Å². The number of piperidine rings is 1. The van der Waals surface area contributed by atoms with E-state index in [1.807, 2.05) is 25.1 Å². The summed E-state index contributed by atoms with van der Waals surface area (Å²) in [5.41, 5.74) is 4.28. The molecule has 2 aliphatic rings. The number of carbonyl (C=O) groups excluding carboxylic acids is 1. The van der Waals surface area contributed by atoms with Crippen LogP contribution in [0.3, 0.4) is 0 Å². The van der Waals surface area contributed by atoms with Gasteiger partial charge in [-0.1, -0.05) is 24.6 Å². The van der Waals surface area contributed by atoms with Crippen LogP contribution in [0.2, 0.25) is 0 Å². The number of rotatable bonds is 6. The molecule has 3 atom stereocenters. The van der Waals surface area contributed by atoms with E-state index < -0.39 is 6.09 Å². The van der Waals surface area contributed by atoms with Crippen molar-refractivity contribution in [2.75, 3.05) is 31.4 Å². The summed E-state index contributed by atoms with van der Waals surface area (Å²) in [5, 5.41) is 2.89. The monoisotopic (exact) mass is 451 g/mol. The Labute approximate surface area is 197 Å². The number of aryl methyl sites for hydroxylation is 1. The number of methoxy groups -OCH3 is 1. The van der Waals surface area contributed by atoms with Crippen molar-refractivity contribution in [3.05, 3.63) is 53.6 Å². The highest BCUT2D eigenvalue weighted by Crippen LogP contribution is 2.35. The molecule has 178 valence electrons. The van der Waals surface area contributed by atoms with E-state index in [1.165, 1.54) is 30.5 Å². The molecular weight excluding hydrogens is 414 g/mol. The summed E-state index contributed by atoms with van der Waals surface area (Å²) in [7, 11) is 5.74. The lowest BCUT2D eigenvalue weighted by molar-refractivity contribution is 0.0586. The molecule has 2 heterocycles. The molecule has 0 saturated carbocycles. The summed E-state index contributed by atoms with van der Waals surface area (Å²) in [5.74, 6) is 0.640. The third-order valence-electron chi connectivity index (χ3n) is 7.05. The lowest BCUT2D eigenvalue weighted by Gasteiger charge is -2.41. The number of nitrogens with zero attached hydrogens (tertiary/aromatic N) is 2. The number of fused-ring (bicyclic) bond motifs is 2. The van der Waals surface area contributed by atoms with Gasteiger partial charge in [0.05, 0.1) is 12.8 Å². The highest BCUT2D eigenvalue weighted by atomic mass is 16.6. The Morgan fingerprint density at radius 1 is 1.06 bits per heavy atom. The van der Waals surface area contributed by atoms with Crippen molar-refractivity contribution in [1.82, 2.24) is 4.90 Å². The van der Waals surface area contributed by atoms with Crippen LogP contribution in [-0.4, -0.2) is 50.4 Å². The third-order valence-corrected chi connectivity index (χ3v) is 7.05. The van der Waals surface area contributed by atoms with Crippen molar-refractivity contribution < 1.29 is 14.3 Å². The quantitative estimate of drug-likeness (QED) is 0.620. The maximum absolute atomic E-state index is 12.7. The average Bonchev–Trinajstić information content (AvgIpc) is 2.87. The molecule has 2 bridgehead atoms. The molecule has 33 heavy (non-hydrogen) atoms. The Balaban J connectivity index is 1.39. The van der Waals surface area contributed by atoms with Gasteiger partial charge in [0.25, 0.3) is 0 Å². The first-order chi connectivity index (χ1) is 15.9. The summed E-state index contributed by atoms with van der Waals surface area (Å²) in [6, 6.07) is 15.6. The normalized spacial score (nSPS) is 22.8. The Morgan fingerprint density at radius 3 is 2.55 bits per heavy atom. The molecule has 4 rings (SSSR count). The summed E-state index contributed by atoms with van der Waals surface area (Å²) >= 11 is 0. The topological polar surface area (TPSA) is 54.0 Å². The van der Waals surface area contributed by atoms with Crippen molar-refractivity contribution in [3.8, 4) is 5.75 Å². The largest absolute Gasteiger partial charge is 0.495 e. The molecule has 0 radical (unpaired) electrons. The van der Waals surface area contributed by atoms with Gasteiger partial charge >= 0.3 is 6.09 Å². The molecule has 2 aromatic rings. The van der Waals surface area contributed by atoms with Gasteiger partial charge in [0, 0.05) is 44.8 Å². The Kier molecular flexibility index (Phi) is 7.43. The number of anilines is 2. The van der Waals surface area contributed by atoms with Gasteiger partial charge in [-0.05, 0) is 68.0 Å². The number of carbonyl (C=O) groups is 1. The van der Waals surface area contributed by atoms with Gasteiger partial charge in [0.2, 0.25) is 0 Å². The van der Waals surface area contributed by atoms with Gasteiger partial charge in [-0.15, -0.1) is 0 Å². The van der Waals surface area contributed by atoms with Crippen molar-refractivity contribution in [2.24, 2.45) is 0 Å². The molecule has 3 unspecified atom stereocenters. The molecule has 6 nitrogen and oxygen atoms in total. The molecular formula is C27H37N3O3. The highest BCUT2D eigenvalue weighted by molar-refractivity contribution is 5.87. The summed E-state index contributed by atoms with van der Waals surface area (Å²) < 4.78 is 11.3. The number of amides is 1. The molecule has 2 fully saturated rings. The van der Waals surface area contributed by atoms with E-state index in [0.29, 0.717) is 23.5 Å². The van der Waals surface area contributed by atoms with Crippen molar-refractivity contribution >= 4 is 17.5 Å². The number of benzene rings is 2. The first kappa shape index (κ1) is 23.4. The second-order valence-corrected chi connectivity index (χ2v) is 9.64. The van der Waals surface area contributed by atoms with Crippen LogP contribution in [0.15, 0.2) is 42.5 Å². The minimum atomic E-state index is -0.397. The number of hydrogen-bond donors (Lipinski definition) is 1. The van der Waals surface area contributed by atoms with Crippen LogP contribution < -0.4 is 15.0 Å². The van der Waals surface area contributed by atoms with Crippen molar-refractivity contribution in [1.29, 1.82) is 0 Å². The Hall–Kier alpha value is -2.73. The van der Waals surface area contributed by atoms with Crippen LogP contribution in [0.5, 0.6) is 5.75 Å². The molecule has 1 N–H and O–H groups in total. The third kappa shape index (κ3) is 5.80. The lowest BCUT2D eigenvalue weighted by atomic mass is 9.93. The van der Waals surface area contributed by atoms with Gasteiger partial charge in [0.15, 0.2) is 0 Å². The van der Waals surface area contributed by atoms with Crippen molar-refractivity contribution in [2.45, 2.75) is 70.2 Å². The maximum Gasteiger partial charge on any atom is 0.412 e. The van der Waals surface area contributed by atoms with Gasteiger partial charge < -0.3 is 14.4 Å². The van der Waals surface area contributed by atoms with Gasteiger partial charge in [0.1, 0.15) is 11.9 Å². The minimum absolute atomic E-state index is 0.0625. The van der Waals surface area contributed by atoms with E-state index in [1.54, 1.807) is 7.11 Å². The number of ether oxygens (including phenoxy) is 2. The maximum atomic E-state index is 12.7. The predicted octanol–water partition coefficient (Wildman–Crippen LogP) is 5.59. The molecule has 0 aromatic heterocycles. The molecule has 0 spiro atoms. The molecule has 2 aromatic carbocycles. The van der Waals surface area contributed by atoms with Crippen LogP contribution in [0.1, 0.15) is 49.7 Å². The second kappa shape index (κ2) is 10.5. The Morgan fingerprint density at radius 2 is 1.82 bits per heavy atom. The zero-order valence-electron chi connectivity index (χ0n) is 20.3. The van der Waals surface area contributed by atoms with E-state index in [2.05, 4.69) is 53.5 Å². The second-order valence-electron chi connectivity index (χ2n) is 9.64. The van der Waals surface area contributed by atoms with Crippen molar-refractivity contribution in [3.63, 3.8) is 0 Å². The minimum Gasteiger partial charge on any atom is -0.495 e. The van der Waals surface area contributed by atoms with Gasteiger partial charge in [-0.25, -0.2) is 4.79 Å². The summed E-state index contributed by atoms with van der Waals surface area (Å²) in [4.78, 5) is 17.5. The summed E-state index contributed by atoms with van der Waals surface area (Å²) in [6.07, 6.45) is 6.06. The van der Waals surface area contributed by atoms with Crippen LogP contribution in [0, 0.1) is 6.92 Å². The van der Waals surface area contributed by atoms with Gasteiger partial charge in [-0.3, -0.25) is 10.2 Å². The van der Waals surface area contributed by atoms with E-state index >= 15 is 0 Å². The lowest BCUT2D eigenvalue weighted by Crippen LogP contribution is -2.45. The fourth-order valence-corrected chi connectivity index (χ4v) is 5.27. The Bertz CT molecular complexity index is 944. The zero-order chi connectivity index (χ0) is 23.4. The fraction of sp³-hybridized carbons (Fsp3) is 0.519. The van der Waals surface area contributed by atoms with Crippen LogP contribution in [0.25, 0.3) is 0 Å². The van der Waals surface area contributed by atoms with E-state index in [0.717, 1.165) is 31.4 Å². The van der Waals surface area contributed by atoms with E-state index in [4.69, 9.17) is 9.47 Å². The molecule has 0 aliphatic carbocycles. The first-order valence-corrected chi connectivity index (χ1v) is 12.1. The average molecular weight is 452 g/mol. The van der Waals surface area contributed by atoms with Crippen LogP contribution >= 0.6 is 0 Å². The molecule has 6 heteroatoms. The smallest absolute Gasteiger partial charge is 0.412 e. The SMILES string of the molecule is COc1ccc(C)cc1NC(=O)OC1CCC2CCCC(C1)N2Cc1ccc(N(C)C)cc1. The zero-order valence-corrected chi connectivity index (χ0v) is 20.3. The van der Waals surface area contributed by atoms with Gasteiger partial charge in [-0.2, -0.15) is 0 Å². The molecule has 1 amide bonds.